The molecule has 0 aliphatic rings. The highest BCUT2D eigenvalue weighted by Gasteiger charge is 2.08. The number of thiophene rings is 1. The van der Waals surface area contributed by atoms with E-state index >= 15 is 0 Å². The van der Waals surface area contributed by atoms with Gasteiger partial charge in [-0.15, -0.1) is 11.3 Å². The van der Waals surface area contributed by atoms with Crippen LogP contribution in [0.15, 0.2) is 36.0 Å². The fourth-order valence-corrected chi connectivity index (χ4v) is 3.41. The molecule has 0 amide bonds. The molecule has 5 heteroatoms. The van der Waals surface area contributed by atoms with Gasteiger partial charge in [-0.05, 0) is 55.8 Å². The lowest BCUT2D eigenvalue weighted by Crippen LogP contribution is -2.08. The summed E-state index contributed by atoms with van der Waals surface area (Å²) in [6, 6.07) is 8.27. The normalized spacial score (nSPS) is 11.1. The first-order chi connectivity index (χ1) is 11.1. The Morgan fingerprint density at radius 1 is 1.26 bits per heavy atom. The molecule has 0 radical (unpaired) electrons. The molecule has 0 unspecified atom stereocenters. The molecule has 2 heterocycles. The van der Waals surface area contributed by atoms with Crippen molar-refractivity contribution in [1.82, 2.24) is 9.97 Å². The number of aromatic nitrogens is 2. The number of fused-ring (bicyclic) bond motifs is 1. The van der Waals surface area contributed by atoms with E-state index in [-0.39, 0.29) is 6.10 Å². The molecule has 3 rings (SSSR count). The van der Waals surface area contributed by atoms with Crippen LogP contribution in [0.3, 0.4) is 0 Å². The van der Waals surface area contributed by atoms with Crippen LogP contribution in [0.5, 0.6) is 5.75 Å². The van der Waals surface area contributed by atoms with E-state index in [1.165, 1.54) is 11.1 Å². The zero-order valence-corrected chi connectivity index (χ0v) is 14.5. The fraction of sp³-hybridized carbons (Fsp3) is 0.333. The number of anilines is 1. The predicted molar refractivity (Wildman–Crippen MR) is 96.6 cm³/mol. The third-order valence-corrected chi connectivity index (χ3v) is 4.53. The molecule has 0 fully saturated rings. The van der Waals surface area contributed by atoms with Crippen LogP contribution in [-0.2, 0) is 6.42 Å². The summed E-state index contributed by atoms with van der Waals surface area (Å²) in [6.07, 6.45) is 2.74. The molecule has 3 aromatic rings. The van der Waals surface area contributed by atoms with E-state index in [4.69, 9.17) is 4.74 Å². The number of ether oxygens (including phenoxy) is 1. The van der Waals surface area contributed by atoms with Gasteiger partial charge < -0.3 is 10.1 Å². The van der Waals surface area contributed by atoms with Crippen LogP contribution in [0, 0.1) is 6.92 Å². The van der Waals surface area contributed by atoms with E-state index in [9.17, 15) is 0 Å². The van der Waals surface area contributed by atoms with Gasteiger partial charge in [-0.2, -0.15) is 0 Å². The highest BCUT2D eigenvalue weighted by Crippen LogP contribution is 2.28. The number of aryl methyl sites for hydroxylation is 1. The lowest BCUT2D eigenvalue weighted by atomic mass is 10.1. The summed E-state index contributed by atoms with van der Waals surface area (Å²) in [5.41, 5.74) is 2.48. The topological polar surface area (TPSA) is 47.0 Å². The third kappa shape index (κ3) is 3.79. The highest BCUT2D eigenvalue weighted by molar-refractivity contribution is 7.17. The summed E-state index contributed by atoms with van der Waals surface area (Å²) >= 11 is 1.66. The first kappa shape index (κ1) is 15.7. The highest BCUT2D eigenvalue weighted by atomic mass is 32.1. The molecule has 0 atom stereocenters. The minimum Gasteiger partial charge on any atom is -0.491 e. The Morgan fingerprint density at radius 3 is 2.96 bits per heavy atom. The molecule has 4 nitrogen and oxygen atoms in total. The monoisotopic (exact) mass is 327 g/mol. The molecule has 120 valence electrons. The minimum atomic E-state index is 0.194. The minimum absolute atomic E-state index is 0.194. The largest absolute Gasteiger partial charge is 0.491 e. The molecule has 2 aromatic heterocycles. The fourth-order valence-electron chi connectivity index (χ4n) is 2.52. The molecule has 0 spiro atoms. The van der Waals surface area contributed by atoms with Crippen LogP contribution in [0.25, 0.3) is 10.2 Å². The molecule has 0 aliphatic heterocycles. The van der Waals surface area contributed by atoms with Crippen molar-refractivity contribution in [2.75, 3.05) is 11.9 Å². The number of benzene rings is 1. The second-order valence-corrected chi connectivity index (χ2v) is 6.67. The molecule has 0 aliphatic carbocycles. The Kier molecular flexibility index (Phi) is 4.76. The van der Waals surface area contributed by atoms with Crippen molar-refractivity contribution in [3.8, 4) is 5.75 Å². The smallest absolute Gasteiger partial charge is 0.138 e. The summed E-state index contributed by atoms with van der Waals surface area (Å²) in [4.78, 5) is 9.74. The van der Waals surface area contributed by atoms with Crippen molar-refractivity contribution in [3.05, 3.63) is 47.1 Å². The van der Waals surface area contributed by atoms with Crippen molar-refractivity contribution >= 4 is 27.4 Å². The van der Waals surface area contributed by atoms with E-state index in [1.807, 2.05) is 26.0 Å². The molecule has 1 N–H and O–H groups in total. The number of nitrogens with one attached hydrogen (secondary N) is 1. The van der Waals surface area contributed by atoms with Gasteiger partial charge in [0.05, 0.1) is 11.5 Å². The van der Waals surface area contributed by atoms with Crippen molar-refractivity contribution in [2.45, 2.75) is 33.3 Å². The molecular formula is C18H21N3OS. The maximum Gasteiger partial charge on any atom is 0.138 e. The number of hydrogen-bond acceptors (Lipinski definition) is 5. The van der Waals surface area contributed by atoms with E-state index in [0.717, 1.165) is 34.7 Å². The van der Waals surface area contributed by atoms with Crippen LogP contribution in [0.1, 0.15) is 25.0 Å². The first-order valence-electron chi connectivity index (χ1n) is 7.82. The maximum absolute atomic E-state index is 5.74. The molecular weight excluding hydrogens is 306 g/mol. The Balaban J connectivity index is 1.66. The van der Waals surface area contributed by atoms with Crippen molar-refractivity contribution < 1.29 is 4.74 Å². The van der Waals surface area contributed by atoms with Crippen LogP contribution in [-0.4, -0.2) is 22.6 Å². The summed E-state index contributed by atoms with van der Waals surface area (Å²) in [6.45, 7) is 7.00. The number of rotatable bonds is 6. The van der Waals surface area contributed by atoms with E-state index in [0.29, 0.717) is 0 Å². The predicted octanol–water partition coefficient (Wildman–Crippen LogP) is 4.44. The molecule has 23 heavy (non-hydrogen) atoms. The quantitative estimate of drug-likeness (QED) is 0.727. The van der Waals surface area contributed by atoms with Gasteiger partial charge in [0, 0.05) is 6.54 Å². The lowest BCUT2D eigenvalue weighted by Gasteiger charge is -2.11. The lowest BCUT2D eigenvalue weighted by molar-refractivity contribution is 0.242. The van der Waals surface area contributed by atoms with Gasteiger partial charge in [0.1, 0.15) is 22.7 Å². The van der Waals surface area contributed by atoms with Gasteiger partial charge in [0.2, 0.25) is 0 Å². The standard InChI is InChI=1S/C18H21N3OS/c1-12(2)22-15-6-4-5-14(9-15)7-8-19-17-16-13(3)10-23-18(16)21-11-20-17/h4-6,9-12H,7-8H2,1-3H3,(H,19,20,21). The Bertz CT molecular complexity index is 798. The molecule has 1 aromatic carbocycles. The van der Waals surface area contributed by atoms with E-state index in [1.54, 1.807) is 17.7 Å². The van der Waals surface area contributed by atoms with Crippen LogP contribution in [0.4, 0.5) is 5.82 Å². The molecule has 0 saturated heterocycles. The van der Waals surface area contributed by atoms with Gasteiger partial charge in [-0.25, -0.2) is 9.97 Å². The average molecular weight is 327 g/mol. The van der Waals surface area contributed by atoms with E-state index < -0.39 is 0 Å². The van der Waals surface area contributed by atoms with E-state index in [2.05, 4.69) is 39.7 Å². The number of nitrogens with zero attached hydrogens (tertiary/aromatic N) is 2. The summed E-state index contributed by atoms with van der Waals surface area (Å²) in [5, 5.41) is 6.69. The Hall–Kier alpha value is -2.14. The van der Waals surface area contributed by atoms with Gasteiger partial charge >= 0.3 is 0 Å². The SMILES string of the molecule is Cc1csc2ncnc(NCCc3cccc(OC(C)C)c3)c12. The average Bonchev–Trinajstić information content (AvgIpc) is 2.89. The van der Waals surface area contributed by atoms with Gasteiger partial charge in [0.25, 0.3) is 0 Å². The second-order valence-electron chi connectivity index (χ2n) is 5.81. The summed E-state index contributed by atoms with van der Waals surface area (Å²) in [7, 11) is 0. The zero-order valence-electron chi connectivity index (χ0n) is 13.7. The molecule has 0 saturated carbocycles. The summed E-state index contributed by atoms with van der Waals surface area (Å²) < 4.78 is 5.74. The number of hydrogen-bond donors (Lipinski definition) is 1. The zero-order chi connectivity index (χ0) is 16.2. The van der Waals surface area contributed by atoms with Crippen molar-refractivity contribution in [2.24, 2.45) is 0 Å². The Morgan fingerprint density at radius 2 is 2.13 bits per heavy atom. The van der Waals surface area contributed by atoms with Gasteiger partial charge in [-0.1, -0.05) is 12.1 Å². The Labute approximate surface area is 140 Å². The van der Waals surface area contributed by atoms with Crippen LogP contribution >= 0.6 is 11.3 Å². The van der Waals surface area contributed by atoms with Gasteiger partial charge in [0.15, 0.2) is 0 Å². The first-order valence-corrected chi connectivity index (χ1v) is 8.69. The second kappa shape index (κ2) is 6.96. The van der Waals surface area contributed by atoms with Crippen molar-refractivity contribution in [3.63, 3.8) is 0 Å². The summed E-state index contributed by atoms with van der Waals surface area (Å²) in [5.74, 6) is 1.85. The van der Waals surface area contributed by atoms with Crippen LogP contribution in [0.2, 0.25) is 0 Å². The third-order valence-electron chi connectivity index (χ3n) is 3.53. The van der Waals surface area contributed by atoms with Gasteiger partial charge in [-0.3, -0.25) is 0 Å². The van der Waals surface area contributed by atoms with Crippen LogP contribution < -0.4 is 10.1 Å². The molecule has 0 bridgehead atoms. The van der Waals surface area contributed by atoms with Crippen molar-refractivity contribution in [1.29, 1.82) is 0 Å². The maximum atomic E-state index is 5.74.